The number of ether oxygens (including phenoxy) is 1. The lowest BCUT2D eigenvalue weighted by molar-refractivity contribution is -0.118. The first-order valence-corrected chi connectivity index (χ1v) is 6.06. The molecule has 0 aromatic heterocycles. The molecule has 0 bridgehead atoms. The number of hydrogen-bond donors (Lipinski definition) is 1. The number of anilines is 1. The molecule has 0 aliphatic rings. The highest BCUT2D eigenvalue weighted by atomic mass is 35.5. The Morgan fingerprint density at radius 1 is 1.15 bits per heavy atom. The summed E-state index contributed by atoms with van der Waals surface area (Å²) in [5.41, 5.74) is 0.0587. The summed E-state index contributed by atoms with van der Waals surface area (Å²) in [5, 5.41) is 2.31. The minimum Gasteiger partial charge on any atom is -0.484 e. The number of halogens is 3. The van der Waals surface area contributed by atoms with Crippen molar-refractivity contribution in [3.63, 3.8) is 0 Å². The SMILES string of the molecule is O=C(COc1ccc(Cl)c(F)c1)Nc1ccccc1F. The van der Waals surface area contributed by atoms with Crippen molar-refractivity contribution in [3.8, 4) is 5.75 Å². The predicted molar refractivity (Wildman–Crippen MR) is 71.9 cm³/mol. The first-order chi connectivity index (χ1) is 9.56. The maximum absolute atomic E-state index is 13.3. The number of benzene rings is 2. The lowest BCUT2D eigenvalue weighted by Gasteiger charge is -2.08. The van der Waals surface area contributed by atoms with Gasteiger partial charge in [0.2, 0.25) is 0 Å². The molecule has 0 aliphatic carbocycles. The summed E-state index contributed by atoms with van der Waals surface area (Å²) in [6.07, 6.45) is 0. The fourth-order valence-corrected chi connectivity index (χ4v) is 1.58. The van der Waals surface area contributed by atoms with E-state index in [-0.39, 0.29) is 23.1 Å². The van der Waals surface area contributed by atoms with Gasteiger partial charge in [-0.05, 0) is 24.3 Å². The van der Waals surface area contributed by atoms with Crippen LogP contribution in [0.1, 0.15) is 0 Å². The Balaban J connectivity index is 1.92. The van der Waals surface area contributed by atoms with Crippen molar-refractivity contribution >= 4 is 23.2 Å². The van der Waals surface area contributed by atoms with Gasteiger partial charge in [-0.1, -0.05) is 23.7 Å². The summed E-state index contributed by atoms with van der Waals surface area (Å²) in [6, 6.07) is 9.58. The third-order valence-corrected chi connectivity index (χ3v) is 2.72. The molecular weight excluding hydrogens is 288 g/mol. The molecule has 104 valence electrons. The highest BCUT2D eigenvalue weighted by Gasteiger charge is 2.08. The Hall–Kier alpha value is -2.14. The average molecular weight is 298 g/mol. The van der Waals surface area contributed by atoms with Gasteiger partial charge in [0.25, 0.3) is 5.91 Å². The number of rotatable bonds is 4. The van der Waals surface area contributed by atoms with Crippen molar-refractivity contribution in [1.82, 2.24) is 0 Å². The highest BCUT2D eigenvalue weighted by Crippen LogP contribution is 2.20. The summed E-state index contributed by atoms with van der Waals surface area (Å²) in [4.78, 5) is 11.6. The van der Waals surface area contributed by atoms with Crippen molar-refractivity contribution in [2.75, 3.05) is 11.9 Å². The molecule has 0 saturated carbocycles. The van der Waals surface area contributed by atoms with Gasteiger partial charge in [-0.15, -0.1) is 0 Å². The molecule has 0 spiro atoms. The first-order valence-electron chi connectivity index (χ1n) is 5.68. The third kappa shape index (κ3) is 3.68. The van der Waals surface area contributed by atoms with Crippen LogP contribution in [0.2, 0.25) is 5.02 Å². The maximum Gasteiger partial charge on any atom is 0.262 e. The van der Waals surface area contributed by atoms with Gasteiger partial charge in [0.15, 0.2) is 6.61 Å². The Labute approximate surface area is 119 Å². The number of para-hydroxylation sites is 1. The van der Waals surface area contributed by atoms with Crippen LogP contribution in [0.3, 0.4) is 0 Å². The van der Waals surface area contributed by atoms with Gasteiger partial charge in [-0.25, -0.2) is 8.78 Å². The van der Waals surface area contributed by atoms with Gasteiger partial charge < -0.3 is 10.1 Å². The maximum atomic E-state index is 13.3. The van der Waals surface area contributed by atoms with Crippen LogP contribution in [0, 0.1) is 11.6 Å². The fourth-order valence-electron chi connectivity index (χ4n) is 1.46. The molecule has 0 radical (unpaired) electrons. The predicted octanol–water partition coefficient (Wildman–Crippen LogP) is 3.64. The summed E-state index contributed by atoms with van der Waals surface area (Å²) in [5.74, 6) is -1.57. The molecule has 1 amide bonds. The molecule has 0 atom stereocenters. The topological polar surface area (TPSA) is 38.3 Å². The fraction of sp³-hybridized carbons (Fsp3) is 0.0714. The molecule has 0 aliphatic heterocycles. The van der Waals surface area contributed by atoms with Crippen LogP contribution in [0.25, 0.3) is 0 Å². The summed E-state index contributed by atoms with van der Waals surface area (Å²) in [6.45, 7) is -0.366. The van der Waals surface area contributed by atoms with Crippen molar-refractivity contribution in [2.45, 2.75) is 0 Å². The molecule has 0 saturated heterocycles. The van der Waals surface area contributed by atoms with Crippen LogP contribution in [0.4, 0.5) is 14.5 Å². The van der Waals surface area contributed by atoms with E-state index in [1.807, 2.05) is 0 Å². The lowest BCUT2D eigenvalue weighted by atomic mass is 10.3. The molecule has 0 fully saturated rings. The minimum absolute atomic E-state index is 0.0341. The monoisotopic (exact) mass is 297 g/mol. The van der Waals surface area contributed by atoms with Crippen molar-refractivity contribution in [1.29, 1.82) is 0 Å². The second-order valence-electron chi connectivity index (χ2n) is 3.89. The molecule has 0 unspecified atom stereocenters. The molecule has 2 aromatic carbocycles. The van der Waals surface area contributed by atoms with Gasteiger partial charge in [0, 0.05) is 6.07 Å². The smallest absolute Gasteiger partial charge is 0.262 e. The quantitative estimate of drug-likeness (QED) is 0.936. The largest absolute Gasteiger partial charge is 0.484 e. The van der Waals surface area contributed by atoms with Gasteiger partial charge >= 0.3 is 0 Å². The number of carbonyl (C=O) groups is 1. The Morgan fingerprint density at radius 2 is 1.90 bits per heavy atom. The standard InChI is InChI=1S/C14H10ClF2NO2/c15-10-6-5-9(7-12(10)17)20-8-14(19)18-13-4-2-1-3-11(13)16/h1-7H,8H2,(H,18,19). The highest BCUT2D eigenvalue weighted by molar-refractivity contribution is 6.30. The van der Waals surface area contributed by atoms with Crippen molar-refractivity contribution < 1.29 is 18.3 Å². The van der Waals surface area contributed by atoms with Crippen LogP contribution in [0.15, 0.2) is 42.5 Å². The van der Waals surface area contributed by atoms with Gasteiger partial charge in [0.1, 0.15) is 17.4 Å². The van der Waals surface area contributed by atoms with E-state index in [0.717, 1.165) is 6.07 Å². The van der Waals surface area contributed by atoms with Crippen molar-refractivity contribution in [3.05, 3.63) is 59.1 Å². The molecule has 1 N–H and O–H groups in total. The van der Waals surface area contributed by atoms with E-state index in [2.05, 4.69) is 5.32 Å². The molecule has 3 nitrogen and oxygen atoms in total. The third-order valence-electron chi connectivity index (χ3n) is 2.41. The van der Waals surface area contributed by atoms with E-state index < -0.39 is 17.5 Å². The van der Waals surface area contributed by atoms with E-state index >= 15 is 0 Å². The number of amides is 1. The molecule has 20 heavy (non-hydrogen) atoms. The summed E-state index contributed by atoms with van der Waals surface area (Å²) in [7, 11) is 0. The van der Waals surface area contributed by atoms with Gasteiger partial charge in [-0.2, -0.15) is 0 Å². The Morgan fingerprint density at radius 3 is 2.60 bits per heavy atom. The molecule has 2 aromatic rings. The van der Waals surface area contributed by atoms with Crippen LogP contribution < -0.4 is 10.1 Å². The summed E-state index contributed by atoms with van der Waals surface area (Å²) < 4.78 is 31.5. The zero-order chi connectivity index (χ0) is 14.5. The zero-order valence-electron chi connectivity index (χ0n) is 10.2. The average Bonchev–Trinajstić information content (AvgIpc) is 2.43. The van der Waals surface area contributed by atoms with Gasteiger partial charge in [0.05, 0.1) is 10.7 Å². The van der Waals surface area contributed by atoms with Crippen molar-refractivity contribution in [2.24, 2.45) is 0 Å². The van der Waals surface area contributed by atoms with E-state index in [9.17, 15) is 13.6 Å². The molecule has 2 rings (SSSR count). The lowest BCUT2D eigenvalue weighted by Crippen LogP contribution is -2.20. The van der Waals surface area contributed by atoms with Crippen LogP contribution >= 0.6 is 11.6 Å². The molecule has 6 heteroatoms. The van der Waals surface area contributed by atoms with Crippen LogP contribution in [-0.2, 0) is 4.79 Å². The van der Waals surface area contributed by atoms with E-state index in [0.29, 0.717) is 0 Å². The van der Waals surface area contributed by atoms with E-state index in [1.54, 1.807) is 6.07 Å². The Kier molecular flexibility index (Phi) is 4.53. The normalized spacial score (nSPS) is 10.2. The first kappa shape index (κ1) is 14.3. The second kappa shape index (κ2) is 6.34. The minimum atomic E-state index is -0.640. The summed E-state index contributed by atoms with van der Waals surface area (Å²) >= 11 is 5.52. The van der Waals surface area contributed by atoms with E-state index in [4.69, 9.17) is 16.3 Å². The van der Waals surface area contributed by atoms with Crippen LogP contribution in [-0.4, -0.2) is 12.5 Å². The second-order valence-corrected chi connectivity index (χ2v) is 4.30. The number of carbonyl (C=O) groups excluding carboxylic acids is 1. The number of hydrogen-bond acceptors (Lipinski definition) is 2. The Bertz CT molecular complexity index is 634. The molecular formula is C14H10ClF2NO2. The molecule has 0 heterocycles. The van der Waals surface area contributed by atoms with E-state index in [1.165, 1.54) is 30.3 Å². The van der Waals surface area contributed by atoms with Gasteiger partial charge in [-0.3, -0.25) is 4.79 Å². The number of nitrogens with one attached hydrogen (secondary N) is 1. The zero-order valence-corrected chi connectivity index (χ0v) is 11.0. The van der Waals surface area contributed by atoms with Crippen LogP contribution in [0.5, 0.6) is 5.75 Å².